The van der Waals surface area contributed by atoms with Crippen molar-refractivity contribution < 1.29 is 4.79 Å². The molecule has 3 rings (SSSR count). The van der Waals surface area contributed by atoms with Crippen molar-refractivity contribution in [3.05, 3.63) is 35.4 Å². The fourth-order valence-corrected chi connectivity index (χ4v) is 3.18. The largest absolute Gasteiger partial charge is 0.333 e. The van der Waals surface area contributed by atoms with Crippen LogP contribution in [0.1, 0.15) is 35.7 Å². The number of piperidine rings is 1. The molecule has 18 heavy (non-hydrogen) atoms. The number of hydrogen-bond donors (Lipinski definition) is 1. The van der Waals surface area contributed by atoms with Crippen LogP contribution in [0.25, 0.3) is 0 Å². The second kappa shape index (κ2) is 4.39. The van der Waals surface area contributed by atoms with E-state index in [0.29, 0.717) is 0 Å². The van der Waals surface area contributed by atoms with Gasteiger partial charge in [0.2, 0.25) is 0 Å². The van der Waals surface area contributed by atoms with Gasteiger partial charge in [0, 0.05) is 17.6 Å². The second-order valence-corrected chi connectivity index (χ2v) is 5.61. The van der Waals surface area contributed by atoms with Crippen molar-refractivity contribution in [3.63, 3.8) is 0 Å². The predicted octanol–water partition coefficient (Wildman–Crippen LogP) is 1.83. The van der Waals surface area contributed by atoms with Crippen LogP contribution in [-0.4, -0.2) is 36.0 Å². The van der Waals surface area contributed by atoms with Gasteiger partial charge in [0.15, 0.2) is 0 Å². The molecule has 0 spiro atoms. The summed E-state index contributed by atoms with van der Waals surface area (Å²) in [5.74, 6) is 0.223. The van der Waals surface area contributed by atoms with Gasteiger partial charge in [-0.15, -0.1) is 0 Å². The molecule has 2 aliphatic heterocycles. The highest BCUT2D eigenvalue weighted by Gasteiger charge is 2.38. The zero-order chi connectivity index (χ0) is 12.6. The van der Waals surface area contributed by atoms with Crippen LogP contribution in [-0.2, 0) is 6.42 Å². The first-order chi connectivity index (χ1) is 8.71. The lowest BCUT2D eigenvalue weighted by molar-refractivity contribution is 0.0398. The van der Waals surface area contributed by atoms with E-state index in [0.717, 1.165) is 44.5 Å². The Kier molecular flexibility index (Phi) is 2.86. The van der Waals surface area contributed by atoms with Crippen molar-refractivity contribution in [1.29, 1.82) is 0 Å². The van der Waals surface area contributed by atoms with Gasteiger partial charge in [-0.05, 0) is 50.9 Å². The summed E-state index contributed by atoms with van der Waals surface area (Å²) in [6, 6.07) is 8.03. The molecule has 1 amide bonds. The van der Waals surface area contributed by atoms with E-state index in [9.17, 15) is 4.79 Å². The molecule has 0 aromatic heterocycles. The van der Waals surface area contributed by atoms with Crippen LogP contribution in [0.5, 0.6) is 0 Å². The molecule has 1 fully saturated rings. The molecule has 2 aliphatic rings. The molecule has 2 heterocycles. The number of benzene rings is 1. The SMILES string of the molecule is CC1(N2CCc3ccccc3C2=O)CCNCC1. The van der Waals surface area contributed by atoms with Gasteiger partial charge in [0.1, 0.15) is 0 Å². The third-order valence-electron chi connectivity index (χ3n) is 4.43. The molecule has 0 atom stereocenters. The molecule has 1 N–H and O–H groups in total. The Morgan fingerprint density at radius 3 is 2.72 bits per heavy atom. The summed E-state index contributed by atoms with van der Waals surface area (Å²) in [4.78, 5) is 14.7. The van der Waals surface area contributed by atoms with Gasteiger partial charge in [0.05, 0.1) is 0 Å². The highest BCUT2D eigenvalue weighted by Crippen LogP contribution is 2.31. The maximum Gasteiger partial charge on any atom is 0.254 e. The fourth-order valence-electron chi connectivity index (χ4n) is 3.18. The lowest BCUT2D eigenvalue weighted by atomic mass is 9.85. The van der Waals surface area contributed by atoms with Gasteiger partial charge < -0.3 is 10.2 Å². The number of carbonyl (C=O) groups is 1. The lowest BCUT2D eigenvalue weighted by Crippen LogP contribution is -2.56. The summed E-state index contributed by atoms with van der Waals surface area (Å²) in [6.45, 7) is 5.13. The third kappa shape index (κ3) is 1.83. The molecule has 1 saturated heterocycles. The topological polar surface area (TPSA) is 32.3 Å². The number of nitrogens with zero attached hydrogens (tertiary/aromatic N) is 1. The van der Waals surface area contributed by atoms with Crippen LogP contribution in [0.15, 0.2) is 24.3 Å². The summed E-state index contributed by atoms with van der Waals surface area (Å²) < 4.78 is 0. The van der Waals surface area contributed by atoms with Crippen molar-refractivity contribution >= 4 is 5.91 Å². The Labute approximate surface area is 108 Å². The Morgan fingerprint density at radius 1 is 1.22 bits per heavy atom. The van der Waals surface area contributed by atoms with Gasteiger partial charge >= 0.3 is 0 Å². The van der Waals surface area contributed by atoms with E-state index in [-0.39, 0.29) is 11.4 Å². The van der Waals surface area contributed by atoms with E-state index in [1.165, 1.54) is 5.56 Å². The quantitative estimate of drug-likeness (QED) is 0.817. The highest BCUT2D eigenvalue weighted by molar-refractivity contribution is 5.97. The smallest absolute Gasteiger partial charge is 0.254 e. The van der Waals surface area contributed by atoms with E-state index in [2.05, 4.69) is 23.2 Å². The minimum absolute atomic E-state index is 0.0376. The monoisotopic (exact) mass is 244 g/mol. The first-order valence-electron chi connectivity index (χ1n) is 6.81. The standard InChI is InChI=1S/C15H20N2O/c1-15(7-9-16-10-8-15)17-11-6-12-4-2-3-5-13(12)14(17)18/h2-5,16H,6-11H2,1H3. The Morgan fingerprint density at radius 2 is 1.94 bits per heavy atom. The van der Waals surface area contributed by atoms with E-state index in [4.69, 9.17) is 0 Å². The minimum Gasteiger partial charge on any atom is -0.333 e. The van der Waals surface area contributed by atoms with E-state index in [1.807, 2.05) is 18.2 Å². The maximum atomic E-state index is 12.6. The molecule has 96 valence electrons. The van der Waals surface area contributed by atoms with Crippen LogP contribution in [0.4, 0.5) is 0 Å². The molecule has 0 radical (unpaired) electrons. The zero-order valence-electron chi connectivity index (χ0n) is 10.9. The second-order valence-electron chi connectivity index (χ2n) is 5.61. The normalized spacial score (nSPS) is 22.7. The summed E-state index contributed by atoms with van der Waals surface area (Å²) >= 11 is 0. The molecule has 1 aromatic carbocycles. The predicted molar refractivity (Wildman–Crippen MR) is 71.7 cm³/mol. The van der Waals surface area contributed by atoms with Gasteiger partial charge in [-0.1, -0.05) is 18.2 Å². The van der Waals surface area contributed by atoms with Crippen LogP contribution >= 0.6 is 0 Å². The summed E-state index contributed by atoms with van der Waals surface area (Å²) in [7, 11) is 0. The number of fused-ring (bicyclic) bond motifs is 1. The van der Waals surface area contributed by atoms with Crippen molar-refractivity contribution in [2.24, 2.45) is 0 Å². The van der Waals surface area contributed by atoms with Gasteiger partial charge in [-0.2, -0.15) is 0 Å². The number of nitrogens with one attached hydrogen (secondary N) is 1. The number of rotatable bonds is 1. The molecule has 1 aromatic rings. The highest BCUT2D eigenvalue weighted by atomic mass is 16.2. The third-order valence-corrected chi connectivity index (χ3v) is 4.43. The number of carbonyl (C=O) groups excluding carboxylic acids is 1. The zero-order valence-corrected chi connectivity index (χ0v) is 10.9. The van der Waals surface area contributed by atoms with Crippen LogP contribution in [0.3, 0.4) is 0 Å². The van der Waals surface area contributed by atoms with Crippen molar-refractivity contribution in [1.82, 2.24) is 10.2 Å². The van der Waals surface area contributed by atoms with Gasteiger partial charge in [0.25, 0.3) is 5.91 Å². The lowest BCUT2D eigenvalue weighted by Gasteiger charge is -2.46. The van der Waals surface area contributed by atoms with Crippen molar-refractivity contribution in [3.8, 4) is 0 Å². The average molecular weight is 244 g/mol. The maximum absolute atomic E-state index is 12.6. The van der Waals surface area contributed by atoms with E-state index >= 15 is 0 Å². The van der Waals surface area contributed by atoms with E-state index in [1.54, 1.807) is 0 Å². The molecule has 0 unspecified atom stereocenters. The summed E-state index contributed by atoms with van der Waals surface area (Å²) in [5, 5.41) is 3.38. The molecule has 0 bridgehead atoms. The van der Waals surface area contributed by atoms with Crippen molar-refractivity contribution in [2.45, 2.75) is 31.7 Å². The first kappa shape index (κ1) is 11.7. The van der Waals surface area contributed by atoms with Gasteiger partial charge in [-0.25, -0.2) is 0 Å². The molecule has 3 nitrogen and oxygen atoms in total. The fraction of sp³-hybridized carbons (Fsp3) is 0.533. The molecule has 0 saturated carbocycles. The summed E-state index contributed by atoms with van der Waals surface area (Å²) in [6.07, 6.45) is 3.10. The average Bonchev–Trinajstić information content (AvgIpc) is 2.40. The number of hydrogen-bond acceptors (Lipinski definition) is 2. The minimum atomic E-state index is 0.0376. The van der Waals surface area contributed by atoms with Crippen LogP contribution < -0.4 is 5.32 Å². The van der Waals surface area contributed by atoms with E-state index < -0.39 is 0 Å². The van der Waals surface area contributed by atoms with Crippen LogP contribution in [0.2, 0.25) is 0 Å². The summed E-state index contributed by atoms with van der Waals surface area (Å²) in [5.41, 5.74) is 2.15. The Balaban J connectivity index is 1.90. The molecule has 0 aliphatic carbocycles. The molecule has 3 heteroatoms. The van der Waals surface area contributed by atoms with Crippen molar-refractivity contribution in [2.75, 3.05) is 19.6 Å². The van der Waals surface area contributed by atoms with Crippen LogP contribution in [0, 0.1) is 0 Å². The molecular formula is C15H20N2O. The molecular weight excluding hydrogens is 224 g/mol. The van der Waals surface area contributed by atoms with Gasteiger partial charge in [-0.3, -0.25) is 4.79 Å². The first-order valence-corrected chi connectivity index (χ1v) is 6.81. The number of amides is 1. The Bertz CT molecular complexity index is 463. The Hall–Kier alpha value is -1.35.